The highest BCUT2D eigenvalue weighted by atomic mass is 32.2. The molecular weight excluding hydrogens is 420 g/mol. The Morgan fingerprint density at radius 1 is 0.900 bits per heavy atom. The summed E-state index contributed by atoms with van der Waals surface area (Å²) in [7, 11) is -3.74. The van der Waals surface area contributed by atoms with Gasteiger partial charge in [0, 0.05) is 11.5 Å². The van der Waals surface area contributed by atoms with Crippen LogP contribution < -0.4 is 10.3 Å². The summed E-state index contributed by atoms with van der Waals surface area (Å²) < 4.78 is 34.0. The van der Waals surface area contributed by atoms with Crippen LogP contribution in [0.15, 0.2) is 93.0 Å². The summed E-state index contributed by atoms with van der Waals surface area (Å²) in [6, 6.07) is 22.3. The van der Waals surface area contributed by atoms with Gasteiger partial charge < -0.3 is 4.42 Å². The van der Waals surface area contributed by atoms with Crippen LogP contribution in [0.1, 0.15) is 0 Å². The first-order valence-corrected chi connectivity index (χ1v) is 11.3. The number of benzene rings is 3. The molecule has 30 heavy (non-hydrogen) atoms. The van der Waals surface area contributed by atoms with E-state index in [-0.39, 0.29) is 10.5 Å². The fourth-order valence-electron chi connectivity index (χ4n) is 3.12. The molecule has 1 N–H and O–H groups in total. The van der Waals surface area contributed by atoms with Gasteiger partial charge in [-0.3, -0.25) is 4.72 Å². The average Bonchev–Trinajstić information content (AvgIpc) is 3.17. The molecule has 148 valence electrons. The lowest BCUT2D eigenvalue weighted by atomic mass is 10.2. The van der Waals surface area contributed by atoms with Gasteiger partial charge in [0.2, 0.25) is 0 Å². The Bertz CT molecular complexity index is 1520. The van der Waals surface area contributed by atoms with Crippen LogP contribution in [-0.2, 0) is 10.0 Å². The van der Waals surface area contributed by atoms with Crippen LogP contribution in [0.2, 0.25) is 0 Å². The average molecular weight is 434 g/mol. The van der Waals surface area contributed by atoms with Crippen molar-refractivity contribution in [1.29, 1.82) is 0 Å². The van der Waals surface area contributed by atoms with Crippen molar-refractivity contribution in [3.05, 3.63) is 89.3 Å². The fourth-order valence-corrected chi connectivity index (χ4v) is 5.16. The highest BCUT2D eigenvalue weighted by Crippen LogP contribution is 2.30. The molecule has 0 atom stereocenters. The topological polar surface area (TPSA) is 89.3 Å². The second kappa shape index (κ2) is 7.08. The molecule has 5 rings (SSSR count). The summed E-state index contributed by atoms with van der Waals surface area (Å²) in [5.74, 6) is 0. The van der Waals surface area contributed by atoms with Crippen molar-refractivity contribution in [3.8, 4) is 10.6 Å². The fraction of sp³-hybridized carbons (Fsp3) is 0. The predicted molar refractivity (Wildman–Crippen MR) is 118 cm³/mol. The van der Waals surface area contributed by atoms with Gasteiger partial charge in [-0.25, -0.2) is 18.2 Å². The number of para-hydroxylation sites is 1. The molecule has 0 aliphatic heterocycles. The molecule has 0 aliphatic carbocycles. The van der Waals surface area contributed by atoms with E-state index in [4.69, 9.17) is 4.42 Å². The Hall–Kier alpha value is -3.49. The largest absolute Gasteiger partial charge is 0.422 e. The Kier molecular flexibility index (Phi) is 4.38. The van der Waals surface area contributed by atoms with Gasteiger partial charge in [-0.15, -0.1) is 11.3 Å². The van der Waals surface area contributed by atoms with Crippen LogP contribution in [0, 0.1) is 0 Å². The molecule has 0 aliphatic rings. The molecule has 6 nitrogen and oxygen atoms in total. The van der Waals surface area contributed by atoms with Crippen LogP contribution >= 0.6 is 11.3 Å². The lowest BCUT2D eigenvalue weighted by Gasteiger charge is -2.08. The van der Waals surface area contributed by atoms with Gasteiger partial charge in [0.05, 0.1) is 26.4 Å². The molecule has 8 heteroatoms. The smallest absolute Gasteiger partial charge is 0.346 e. The first kappa shape index (κ1) is 18.5. The van der Waals surface area contributed by atoms with E-state index in [0.29, 0.717) is 21.6 Å². The van der Waals surface area contributed by atoms with Gasteiger partial charge in [-0.1, -0.05) is 30.3 Å². The van der Waals surface area contributed by atoms with E-state index in [1.165, 1.54) is 29.5 Å². The Labute approximate surface area is 175 Å². The molecule has 0 saturated carbocycles. The van der Waals surface area contributed by atoms with Crippen LogP contribution in [0.4, 0.5) is 5.69 Å². The van der Waals surface area contributed by atoms with Crippen LogP contribution in [0.5, 0.6) is 0 Å². The third-order valence-corrected chi connectivity index (χ3v) is 7.03. The zero-order valence-corrected chi connectivity index (χ0v) is 17.0. The van der Waals surface area contributed by atoms with Gasteiger partial charge in [0.15, 0.2) is 0 Å². The van der Waals surface area contributed by atoms with Gasteiger partial charge in [0.25, 0.3) is 10.0 Å². The quantitative estimate of drug-likeness (QED) is 0.408. The number of sulfonamides is 1. The summed E-state index contributed by atoms with van der Waals surface area (Å²) in [5.41, 5.74) is 1.27. The van der Waals surface area contributed by atoms with Gasteiger partial charge >= 0.3 is 5.63 Å². The maximum Gasteiger partial charge on any atom is 0.346 e. The van der Waals surface area contributed by atoms with E-state index in [9.17, 15) is 13.2 Å². The summed E-state index contributed by atoms with van der Waals surface area (Å²) in [6.45, 7) is 0. The van der Waals surface area contributed by atoms with E-state index in [1.807, 2.05) is 24.3 Å². The van der Waals surface area contributed by atoms with Gasteiger partial charge in [-0.05, 0) is 42.5 Å². The number of anilines is 1. The maximum absolute atomic E-state index is 12.6. The third kappa shape index (κ3) is 3.36. The number of nitrogens with one attached hydrogen (secondary N) is 1. The Morgan fingerprint density at radius 3 is 2.47 bits per heavy atom. The molecule has 2 aromatic heterocycles. The zero-order valence-electron chi connectivity index (χ0n) is 15.4. The van der Waals surface area contributed by atoms with Crippen LogP contribution in [0.25, 0.3) is 31.8 Å². The second-order valence-electron chi connectivity index (χ2n) is 6.61. The lowest BCUT2D eigenvalue weighted by molar-refractivity contribution is 0.563. The van der Waals surface area contributed by atoms with Crippen molar-refractivity contribution in [3.63, 3.8) is 0 Å². The molecule has 0 unspecified atom stereocenters. The van der Waals surface area contributed by atoms with Gasteiger partial charge in [-0.2, -0.15) is 0 Å². The summed E-state index contributed by atoms with van der Waals surface area (Å²) in [4.78, 5) is 17.3. The maximum atomic E-state index is 12.6. The van der Waals surface area contributed by atoms with Crippen molar-refractivity contribution in [2.75, 3.05) is 4.72 Å². The Morgan fingerprint density at radius 2 is 1.67 bits per heavy atom. The summed E-state index contributed by atoms with van der Waals surface area (Å²) in [5, 5.41) is 1.26. The SMILES string of the molecule is O=c1oc2cc(NS(=O)(=O)c3ccccc3)ccc2cc1-c1nc2ccccc2s1. The molecule has 0 amide bonds. The van der Waals surface area contributed by atoms with Crippen molar-refractivity contribution in [2.24, 2.45) is 0 Å². The Balaban J connectivity index is 1.53. The summed E-state index contributed by atoms with van der Waals surface area (Å²) >= 11 is 1.42. The molecule has 5 aromatic rings. The van der Waals surface area contributed by atoms with Crippen molar-refractivity contribution in [1.82, 2.24) is 4.98 Å². The number of hydrogen-bond donors (Lipinski definition) is 1. The highest BCUT2D eigenvalue weighted by Gasteiger charge is 2.16. The number of aromatic nitrogens is 1. The minimum atomic E-state index is -3.74. The molecule has 0 radical (unpaired) electrons. The number of hydrogen-bond acceptors (Lipinski definition) is 6. The van der Waals surface area contributed by atoms with Crippen molar-refractivity contribution >= 4 is 48.2 Å². The first-order valence-electron chi connectivity index (χ1n) is 9.01. The molecule has 3 aromatic carbocycles. The number of thiazole rings is 1. The van der Waals surface area contributed by atoms with Crippen molar-refractivity contribution in [2.45, 2.75) is 4.90 Å². The lowest BCUT2D eigenvalue weighted by Crippen LogP contribution is -2.12. The first-order chi connectivity index (χ1) is 14.5. The van der Waals surface area contributed by atoms with E-state index < -0.39 is 15.6 Å². The van der Waals surface area contributed by atoms with E-state index in [1.54, 1.807) is 36.4 Å². The van der Waals surface area contributed by atoms with E-state index >= 15 is 0 Å². The van der Waals surface area contributed by atoms with Crippen LogP contribution in [0.3, 0.4) is 0 Å². The predicted octanol–water partition coefficient (Wildman–Crippen LogP) is 4.87. The molecule has 0 spiro atoms. The van der Waals surface area contributed by atoms with Gasteiger partial charge in [0.1, 0.15) is 10.6 Å². The number of rotatable bonds is 4. The standard InChI is InChI=1S/C22H14N2O4S2/c25-22-17(21-23-18-8-4-5-9-20(18)29-21)12-14-10-11-15(13-19(14)28-22)24-30(26,27)16-6-2-1-3-7-16/h1-13,24H. The molecule has 0 saturated heterocycles. The highest BCUT2D eigenvalue weighted by molar-refractivity contribution is 7.92. The second-order valence-corrected chi connectivity index (χ2v) is 9.32. The van der Waals surface area contributed by atoms with Crippen LogP contribution in [-0.4, -0.2) is 13.4 Å². The minimum absolute atomic E-state index is 0.151. The van der Waals surface area contributed by atoms with E-state index in [2.05, 4.69) is 9.71 Å². The summed E-state index contributed by atoms with van der Waals surface area (Å²) in [6.07, 6.45) is 0. The zero-order chi connectivity index (χ0) is 20.7. The molecule has 0 fully saturated rings. The third-order valence-electron chi connectivity index (χ3n) is 4.57. The monoisotopic (exact) mass is 434 g/mol. The minimum Gasteiger partial charge on any atom is -0.422 e. The molecule has 0 bridgehead atoms. The molecule has 2 heterocycles. The number of fused-ring (bicyclic) bond motifs is 2. The normalized spacial score (nSPS) is 11.7. The molecular formula is C22H14N2O4S2. The van der Waals surface area contributed by atoms with Crippen molar-refractivity contribution < 1.29 is 12.8 Å². The van der Waals surface area contributed by atoms with E-state index in [0.717, 1.165) is 10.2 Å². The number of nitrogens with zero attached hydrogens (tertiary/aromatic N) is 1.